The molecule has 6 nitrogen and oxygen atoms in total. The highest BCUT2D eigenvalue weighted by Gasteiger charge is 2.29. The van der Waals surface area contributed by atoms with Gasteiger partial charge in [0.05, 0.1) is 32.0 Å². The highest BCUT2D eigenvalue weighted by molar-refractivity contribution is 6.03. The van der Waals surface area contributed by atoms with Crippen LogP contribution in [0.3, 0.4) is 0 Å². The first kappa shape index (κ1) is 20.7. The molecule has 2 rings (SSSR count). The zero-order chi connectivity index (χ0) is 20.1. The Labute approximate surface area is 160 Å². The van der Waals surface area contributed by atoms with E-state index in [1.54, 1.807) is 13.8 Å². The predicted molar refractivity (Wildman–Crippen MR) is 104 cm³/mol. The third-order valence-electron chi connectivity index (χ3n) is 4.92. The van der Waals surface area contributed by atoms with Crippen molar-refractivity contribution in [3.8, 4) is 5.75 Å². The summed E-state index contributed by atoms with van der Waals surface area (Å²) in [4.78, 5) is 29.1. The lowest BCUT2D eigenvalue weighted by atomic mass is 10.0. The zero-order valence-corrected chi connectivity index (χ0v) is 16.9. The van der Waals surface area contributed by atoms with Gasteiger partial charge in [-0.3, -0.25) is 4.79 Å². The van der Waals surface area contributed by atoms with Gasteiger partial charge in [-0.05, 0) is 57.5 Å². The summed E-state index contributed by atoms with van der Waals surface area (Å²) in [5.74, 6) is 0.396. The predicted octanol–water partition coefficient (Wildman–Crippen LogP) is 2.10. The lowest BCUT2D eigenvalue weighted by molar-refractivity contribution is -0.907. The van der Waals surface area contributed by atoms with Crippen LogP contribution in [0.5, 0.6) is 5.75 Å². The van der Waals surface area contributed by atoms with Crippen LogP contribution in [-0.4, -0.2) is 43.5 Å². The van der Waals surface area contributed by atoms with Gasteiger partial charge in [-0.1, -0.05) is 0 Å². The van der Waals surface area contributed by atoms with Crippen molar-refractivity contribution in [2.75, 3.05) is 20.8 Å². The Morgan fingerprint density at radius 3 is 2.37 bits per heavy atom. The number of esters is 1. The summed E-state index contributed by atoms with van der Waals surface area (Å²) in [5, 5.41) is 0. The van der Waals surface area contributed by atoms with E-state index in [-0.39, 0.29) is 11.8 Å². The Kier molecular flexibility index (Phi) is 6.80. The zero-order valence-electron chi connectivity index (χ0n) is 16.9. The number of quaternary nitrogens is 1. The molecule has 2 atom stereocenters. The van der Waals surface area contributed by atoms with Crippen LogP contribution in [-0.2, 0) is 11.3 Å². The average molecular weight is 373 g/mol. The van der Waals surface area contributed by atoms with Crippen molar-refractivity contribution in [1.29, 1.82) is 0 Å². The maximum atomic E-state index is 13.0. The van der Waals surface area contributed by atoms with Gasteiger partial charge in [0.15, 0.2) is 6.04 Å². The number of benzene rings is 1. The Balaban J connectivity index is 2.13. The molecule has 1 aromatic heterocycles. The number of hydrogen-bond acceptors (Lipinski definition) is 4. The number of ether oxygens (including phenoxy) is 2. The highest BCUT2D eigenvalue weighted by Crippen LogP contribution is 2.20. The van der Waals surface area contributed by atoms with Crippen molar-refractivity contribution in [2.45, 2.75) is 40.3 Å². The third-order valence-corrected chi connectivity index (χ3v) is 4.92. The SMILES string of the molecule is CCOc1ccc(C[NH+](C)[C@H](C)C(=O)c2[nH]c(C)c(C(=O)OC)c2C)cc1. The van der Waals surface area contributed by atoms with E-state index in [0.29, 0.717) is 35.7 Å². The molecule has 0 saturated heterocycles. The van der Waals surface area contributed by atoms with E-state index in [1.165, 1.54) is 7.11 Å². The third kappa shape index (κ3) is 4.57. The number of aromatic nitrogens is 1. The van der Waals surface area contributed by atoms with E-state index in [0.717, 1.165) is 16.2 Å². The Morgan fingerprint density at radius 2 is 1.81 bits per heavy atom. The number of ketones is 1. The molecule has 0 bridgehead atoms. The molecule has 0 fully saturated rings. The number of rotatable bonds is 8. The fourth-order valence-electron chi connectivity index (χ4n) is 3.19. The first-order valence-corrected chi connectivity index (χ1v) is 9.15. The minimum absolute atomic E-state index is 0.0193. The molecule has 1 heterocycles. The van der Waals surface area contributed by atoms with E-state index >= 15 is 0 Å². The summed E-state index contributed by atoms with van der Waals surface area (Å²) in [6.07, 6.45) is 0. The summed E-state index contributed by atoms with van der Waals surface area (Å²) in [6, 6.07) is 7.66. The second-order valence-corrected chi connectivity index (χ2v) is 6.80. The molecule has 0 aliphatic heterocycles. The number of H-pyrrole nitrogens is 1. The molecule has 2 N–H and O–H groups in total. The minimum atomic E-state index is -0.428. The number of hydrogen-bond donors (Lipinski definition) is 2. The summed E-state index contributed by atoms with van der Waals surface area (Å²) in [6.45, 7) is 8.75. The molecule has 1 aromatic carbocycles. The first-order chi connectivity index (χ1) is 12.8. The van der Waals surface area contributed by atoms with Gasteiger partial charge in [0.1, 0.15) is 12.3 Å². The van der Waals surface area contributed by atoms with Gasteiger partial charge in [-0.2, -0.15) is 0 Å². The number of aromatic amines is 1. The molecule has 2 aromatic rings. The molecule has 27 heavy (non-hydrogen) atoms. The van der Waals surface area contributed by atoms with Gasteiger partial charge in [-0.15, -0.1) is 0 Å². The fraction of sp³-hybridized carbons (Fsp3) is 0.429. The van der Waals surface area contributed by atoms with Gasteiger partial charge in [0, 0.05) is 11.3 Å². The molecule has 0 radical (unpaired) electrons. The number of Topliss-reactive ketones (excluding diaryl/α,β-unsaturated/α-hetero) is 1. The van der Waals surface area contributed by atoms with Crippen LogP contribution >= 0.6 is 0 Å². The number of carbonyl (C=O) groups excluding carboxylic acids is 2. The Bertz CT molecular complexity index is 808. The molecule has 6 heteroatoms. The number of nitrogens with one attached hydrogen (secondary N) is 2. The molecule has 1 unspecified atom stereocenters. The topological polar surface area (TPSA) is 72.8 Å². The smallest absolute Gasteiger partial charge is 0.339 e. The molecule has 0 aliphatic rings. The van der Waals surface area contributed by atoms with Gasteiger partial charge < -0.3 is 19.4 Å². The number of carbonyl (C=O) groups is 2. The molecular weight excluding hydrogens is 344 g/mol. The van der Waals surface area contributed by atoms with Gasteiger partial charge >= 0.3 is 5.97 Å². The van der Waals surface area contributed by atoms with E-state index in [1.807, 2.05) is 45.2 Å². The van der Waals surface area contributed by atoms with E-state index in [9.17, 15) is 9.59 Å². The summed E-state index contributed by atoms with van der Waals surface area (Å²) < 4.78 is 10.3. The Morgan fingerprint density at radius 1 is 1.19 bits per heavy atom. The van der Waals surface area contributed by atoms with Crippen LogP contribution in [0.2, 0.25) is 0 Å². The van der Waals surface area contributed by atoms with Crippen molar-refractivity contribution in [2.24, 2.45) is 0 Å². The molecule has 0 saturated carbocycles. The van der Waals surface area contributed by atoms with Crippen LogP contribution < -0.4 is 9.64 Å². The van der Waals surface area contributed by atoms with Crippen molar-refractivity contribution < 1.29 is 24.0 Å². The van der Waals surface area contributed by atoms with Crippen molar-refractivity contribution in [1.82, 2.24) is 4.98 Å². The normalized spacial score (nSPS) is 13.1. The maximum absolute atomic E-state index is 13.0. The molecule has 0 amide bonds. The van der Waals surface area contributed by atoms with E-state index in [4.69, 9.17) is 9.47 Å². The van der Waals surface area contributed by atoms with Crippen molar-refractivity contribution in [3.05, 3.63) is 52.3 Å². The molecule has 0 aliphatic carbocycles. The van der Waals surface area contributed by atoms with Crippen LogP contribution in [0.4, 0.5) is 0 Å². The quantitative estimate of drug-likeness (QED) is 0.549. The lowest BCUT2D eigenvalue weighted by Gasteiger charge is -2.21. The number of methoxy groups -OCH3 is 1. The standard InChI is InChI=1S/C21H28N2O4/c1-7-27-17-10-8-16(9-11-17)12-23(5)15(4)20(24)19-13(2)18(14(3)22-19)21(25)26-6/h8-11,15,22H,7,12H2,1-6H3/p+1/t15-/m1/s1. The van der Waals surface area contributed by atoms with Gasteiger partial charge in [0.25, 0.3) is 0 Å². The summed E-state index contributed by atoms with van der Waals surface area (Å²) >= 11 is 0. The van der Waals surface area contributed by atoms with Gasteiger partial charge in [0.2, 0.25) is 5.78 Å². The first-order valence-electron chi connectivity index (χ1n) is 9.15. The highest BCUT2D eigenvalue weighted by atomic mass is 16.5. The number of aryl methyl sites for hydroxylation is 1. The van der Waals surface area contributed by atoms with Crippen molar-refractivity contribution in [3.63, 3.8) is 0 Å². The number of likely N-dealkylation sites (N-methyl/N-ethyl adjacent to an activating group) is 1. The average Bonchev–Trinajstić information content (AvgIpc) is 2.96. The van der Waals surface area contributed by atoms with Crippen LogP contribution in [0.15, 0.2) is 24.3 Å². The second-order valence-electron chi connectivity index (χ2n) is 6.80. The second kappa shape index (κ2) is 8.86. The maximum Gasteiger partial charge on any atom is 0.339 e. The van der Waals surface area contributed by atoms with Crippen LogP contribution in [0.1, 0.15) is 51.5 Å². The van der Waals surface area contributed by atoms with Gasteiger partial charge in [-0.25, -0.2) is 4.79 Å². The van der Waals surface area contributed by atoms with Crippen LogP contribution in [0.25, 0.3) is 0 Å². The van der Waals surface area contributed by atoms with E-state index < -0.39 is 5.97 Å². The monoisotopic (exact) mass is 373 g/mol. The molecule has 146 valence electrons. The van der Waals surface area contributed by atoms with Crippen LogP contribution in [0, 0.1) is 13.8 Å². The summed E-state index contributed by atoms with van der Waals surface area (Å²) in [7, 11) is 3.33. The Hall–Kier alpha value is -2.60. The summed E-state index contributed by atoms with van der Waals surface area (Å²) in [5.41, 5.74) is 3.35. The molecular formula is C21H29N2O4+. The largest absolute Gasteiger partial charge is 0.494 e. The van der Waals surface area contributed by atoms with E-state index in [2.05, 4.69) is 4.98 Å². The molecule has 0 spiro atoms. The van der Waals surface area contributed by atoms with Crippen molar-refractivity contribution >= 4 is 11.8 Å². The lowest BCUT2D eigenvalue weighted by Crippen LogP contribution is -3.12. The minimum Gasteiger partial charge on any atom is -0.494 e. The fourth-order valence-corrected chi connectivity index (χ4v) is 3.19.